The fourth-order valence-corrected chi connectivity index (χ4v) is 4.64. The largest absolute Gasteiger partial charge is 0.491 e. The first-order valence-electron chi connectivity index (χ1n) is 9.70. The lowest BCUT2D eigenvalue weighted by atomic mass is 9.65. The van der Waals surface area contributed by atoms with E-state index in [9.17, 15) is 4.79 Å². The Morgan fingerprint density at radius 2 is 1.81 bits per heavy atom. The number of aryl methyl sites for hydroxylation is 2. The highest BCUT2D eigenvalue weighted by Gasteiger charge is 2.40. The van der Waals surface area contributed by atoms with Crippen LogP contribution in [0.4, 0.5) is 0 Å². The highest BCUT2D eigenvalue weighted by molar-refractivity contribution is 5.85. The summed E-state index contributed by atoms with van der Waals surface area (Å²) in [4.78, 5) is 12.7. The summed E-state index contributed by atoms with van der Waals surface area (Å²) in [5.74, 6) is 2.30. The third-order valence-electron chi connectivity index (χ3n) is 6.06. The number of ether oxygens (including phenoxy) is 1. The van der Waals surface area contributed by atoms with Gasteiger partial charge in [-0.3, -0.25) is 4.79 Å². The molecule has 3 N–H and O–H groups in total. The van der Waals surface area contributed by atoms with Gasteiger partial charge in [0.2, 0.25) is 5.91 Å². The van der Waals surface area contributed by atoms with Gasteiger partial charge in [-0.25, -0.2) is 0 Å². The molecule has 26 heavy (non-hydrogen) atoms. The van der Waals surface area contributed by atoms with Gasteiger partial charge in [0.15, 0.2) is 0 Å². The number of nitrogens with one attached hydrogen (secondary N) is 1. The molecular weight excluding hydrogens is 348 g/mol. The molecule has 1 aromatic rings. The number of carbonyl (C=O) groups excluding carboxylic acids is 1. The van der Waals surface area contributed by atoms with Gasteiger partial charge in [-0.2, -0.15) is 0 Å². The molecule has 146 valence electrons. The Bertz CT molecular complexity index is 588. The van der Waals surface area contributed by atoms with Crippen LogP contribution < -0.4 is 15.8 Å². The van der Waals surface area contributed by atoms with Crippen LogP contribution in [0, 0.1) is 31.6 Å². The maximum absolute atomic E-state index is 12.7. The second kappa shape index (κ2) is 9.09. The zero-order valence-corrected chi connectivity index (χ0v) is 17.0. The predicted molar refractivity (Wildman–Crippen MR) is 108 cm³/mol. The molecule has 0 radical (unpaired) electrons. The molecule has 2 fully saturated rings. The van der Waals surface area contributed by atoms with E-state index in [1.165, 1.54) is 19.3 Å². The molecule has 0 heterocycles. The van der Waals surface area contributed by atoms with Crippen molar-refractivity contribution < 1.29 is 9.53 Å². The topological polar surface area (TPSA) is 64.3 Å². The molecule has 3 unspecified atom stereocenters. The highest BCUT2D eigenvalue weighted by Crippen LogP contribution is 2.41. The molecule has 1 aromatic carbocycles. The summed E-state index contributed by atoms with van der Waals surface area (Å²) >= 11 is 0. The first kappa shape index (κ1) is 21.0. The number of rotatable bonds is 5. The van der Waals surface area contributed by atoms with Crippen molar-refractivity contribution in [2.24, 2.45) is 23.5 Å². The minimum Gasteiger partial charge on any atom is -0.491 e. The van der Waals surface area contributed by atoms with E-state index in [4.69, 9.17) is 10.5 Å². The first-order valence-corrected chi connectivity index (χ1v) is 9.70. The maximum Gasteiger partial charge on any atom is 0.223 e. The molecular formula is C21H33ClN2O2. The van der Waals surface area contributed by atoms with Crippen molar-refractivity contribution in [2.75, 3.05) is 6.61 Å². The smallest absolute Gasteiger partial charge is 0.223 e. The predicted octanol–water partition coefficient (Wildman–Crippen LogP) is 3.76. The molecule has 3 atom stereocenters. The number of benzene rings is 1. The number of fused-ring (bicyclic) bond motifs is 2. The Kier molecular flexibility index (Phi) is 7.36. The summed E-state index contributed by atoms with van der Waals surface area (Å²) < 4.78 is 5.97. The van der Waals surface area contributed by atoms with E-state index in [-0.39, 0.29) is 30.3 Å². The molecule has 3 rings (SSSR count). The van der Waals surface area contributed by atoms with Gasteiger partial charge in [-0.1, -0.05) is 24.6 Å². The number of hydrogen-bond acceptors (Lipinski definition) is 3. The summed E-state index contributed by atoms with van der Waals surface area (Å²) in [5.41, 5.74) is 8.60. The van der Waals surface area contributed by atoms with Gasteiger partial charge in [-0.05, 0) is 69.4 Å². The summed E-state index contributed by atoms with van der Waals surface area (Å²) in [7, 11) is 0. The third kappa shape index (κ3) is 4.72. The summed E-state index contributed by atoms with van der Waals surface area (Å²) in [5, 5.41) is 3.16. The van der Waals surface area contributed by atoms with Gasteiger partial charge >= 0.3 is 0 Å². The number of amides is 1. The van der Waals surface area contributed by atoms with E-state index in [1.807, 2.05) is 13.0 Å². The Morgan fingerprint density at radius 3 is 2.38 bits per heavy atom. The van der Waals surface area contributed by atoms with Crippen LogP contribution in [-0.4, -0.2) is 24.6 Å². The van der Waals surface area contributed by atoms with Crippen molar-refractivity contribution >= 4 is 18.3 Å². The SMILES string of the molecule is Cc1cccc(C)c1OCC(C)NC(=O)C1CC2CCCC(C1)C2N.Cl. The molecule has 1 amide bonds. The van der Waals surface area contributed by atoms with Crippen molar-refractivity contribution in [3.8, 4) is 5.75 Å². The molecule has 5 heteroatoms. The molecule has 0 aliphatic heterocycles. The lowest BCUT2D eigenvalue weighted by molar-refractivity contribution is -0.128. The number of nitrogens with two attached hydrogens (primary N) is 1. The minimum absolute atomic E-state index is 0. The monoisotopic (exact) mass is 380 g/mol. The van der Waals surface area contributed by atoms with Crippen LogP contribution in [0.1, 0.15) is 50.2 Å². The van der Waals surface area contributed by atoms with Crippen LogP contribution in [0.25, 0.3) is 0 Å². The van der Waals surface area contributed by atoms with Crippen LogP contribution in [0.3, 0.4) is 0 Å². The normalized spacial score (nSPS) is 28.6. The van der Waals surface area contributed by atoms with Gasteiger partial charge in [-0.15, -0.1) is 12.4 Å². The number of hydrogen-bond donors (Lipinski definition) is 2. The van der Waals surface area contributed by atoms with E-state index in [0.717, 1.165) is 29.7 Å². The molecule has 2 bridgehead atoms. The molecule has 2 saturated carbocycles. The lowest BCUT2D eigenvalue weighted by Gasteiger charge is -2.43. The average Bonchev–Trinajstić information content (AvgIpc) is 2.54. The molecule has 4 nitrogen and oxygen atoms in total. The van der Waals surface area contributed by atoms with Crippen LogP contribution in [-0.2, 0) is 4.79 Å². The Labute approximate surface area is 163 Å². The Balaban J connectivity index is 0.00000243. The minimum atomic E-state index is 0. The second-order valence-corrected chi connectivity index (χ2v) is 8.14. The quantitative estimate of drug-likeness (QED) is 0.817. The molecule has 0 spiro atoms. The van der Waals surface area contributed by atoms with Gasteiger partial charge in [0.1, 0.15) is 12.4 Å². The van der Waals surface area contributed by atoms with Crippen molar-refractivity contribution in [3.63, 3.8) is 0 Å². The average molecular weight is 381 g/mol. The van der Waals surface area contributed by atoms with Crippen LogP contribution >= 0.6 is 12.4 Å². The maximum atomic E-state index is 12.7. The van der Waals surface area contributed by atoms with E-state index in [1.54, 1.807) is 0 Å². The number of para-hydroxylation sites is 1. The Morgan fingerprint density at radius 1 is 1.23 bits per heavy atom. The van der Waals surface area contributed by atoms with Crippen LogP contribution in [0.2, 0.25) is 0 Å². The van der Waals surface area contributed by atoms with E-state index < -0.39 is 0 Å². The van der Waals surface area contributed by atoms with Crippen molar-refractivity contribution in [1.82, 2.24) is 5.32 Å². The van der Waals surface area contributed by atoms with E-state index in [0.29, 0.717) is 24.5 Å². The van der Waals surface area contributed by atoms with Gasteiger partial charge in [0.25, 0.3) is 0 Å². The molecule has 0 aromatic heterocycles. The lowest BCUT2D eigenvalue weighted by Crippen LogP contribution is -2.50. The van der Waals surface area contributed by atoms with Crippen molar-refractivity contribution in [2.45, 2.75) is 65.0 Å². The summed E-state index contributed by atoms with van der Waals surface area (Å²) in [6, 6.07) is 6.45. The fourth-order valence-electron chi connectivity index (χ4n) is 4.64. The van der Waals surface area contributed by atoms with Crippen LogP contribution in [0.5, 0.6) is 5.75 Å². The summed E-state index contributed by atoms with van der Waals surface area (Å²) in [6.45, 7) is 6.61. The zero-order valence-electron chi connectivity index (χ0n) is 16.2. The van der Waals surface area contributed by atoms with Gasteiger partial charge in [0.05, 0.1) is 6.04 Å². The highest BCUT2D eigenvalue weighted by atomic mass is 35.5. The number of carbonyl (C=O) groups is 1. The van der Waals surface area contributed by atoms with Gasteiger partial charge in [0, 0.05) is 12.0 Å². The van der Waals surface area contributed by atoms with Gasteiger partial charge < -0.3 is 15.8 Å². The summed E-state index contributed by atoms with van der Waals surface area (Å²) in [6.07, 6.45) is 5.55. The Hall–Kier alpha value is -1.26. The molecule has 2 aliphatic rings. The number of halogens is 1. The first-order chi connectivity index (χ1) is 12.0. The third-order valence-corrected chi connectivity index (χ3v) is 6.06. The zero-order chi connectivity index (χ0) is 18.0. The second-order valence-electron chi connectivity index (χ2n) is 8.14. The molecule has 0 saturated heterocycles. The van der Waals surface area contributed by atoms with Crippen molar-refractivity contribution in [1.29, 1.82) is 0 Å². The van der Waals surface area contributed by atoms with E-state index in [2.05, 4.69) is 31.3 Å². The molecule has 2 aliphatic carbocycles. The van der Waals surface area contributed by atoms with Crippen LogP contribution in [0.15, 0.2) is 18.2 Å². The van der Waals surface area contributed by atoms with Crippen molar-refractivity contribution in [3.05, 3.63) is 29.3 Å². The standard InChI is InChI=1S/C21H32N2O2.ClH/c1-13-6-4-7-14(2)20(13)25-12-15(3)23-21(24)18-10-16-8-5-9-17(11-18)19(16)22;/h4,6-7,15-19H,5,8-12,22H2,1-3H3,(H,23,24);1H. The fraction of sp³-hybridized carbons (Fsp3) is 0.667. The van der Waals surface area contributed by atoms with E-state index >= 15 is 0 Å².